The van der Waals surface area contributed by atoms with Crippen LogP contribution in [0.5, 0.6) is 5.75 Å². The van der Waals surface area contributed by atoms with Crippen molar-refractivity contribution in [3.63, 3.8) is 0 Å². The molecule has 1 aliphatic rings. The highest BCUT2D eigenvalue weighted by atomic mass is 32.2. The molecule has 4 rings (SSSR count). The van der Waals surface area contributed by atoms with Crippen molar-refractivity contribution in [2.45, 2.75) is 19.8 Å². The smallest absolute Gasteiger partial charge is 0.213 e. The summed E-state index contributed by atoms with van der Waals surface area (Å²) in [6.07, 6.45) is 3.15. The fourth-order valence-corrected chi connectivity index (χ4v) is 4.89. The number of phenolic OH excluding ortho intramolecular Hbond substituents is 1. The van der Waals surface area contributed by atoms with Crippen LogP contribution < -0.4 is 10.8 Å². The molecule has 30 heavy (non-hydrogen) atoms. The molecule has 0 unspecified atom stereocenters. The minimum atomic E-state index is -3.13. The second-order valence-corrected chi connectivity index (χ2v) is 9.76. The van der Waals surface area contributed by atoms with E-state index in [1.165, 1.54) is 0 Å². The third-order valence-electron chi connectivity index (χ3n) is 5.58. The Labute approximate surface area is 177 Å². The Bertz CT molecular complexity index is 1160. The van der Waals surface area contributed by atoms with Gasteiger partial charge in [-0.25, -0.2) is 17.7 Å². The van der Waals surface area contributed by atoms with Gasteiger partial charge in [-0.3, -0.25) is 0 Å². The number of aromatic nitrogens is 3. The van der Waals surface area contributed by atoms with Crippen LogP contribution in [0.25, 0.3) is 16.9 Å². The second kappa shape index (κ2) is 8.27. The number of phenols is 1. The van der Waals surface area contributed by atoms with Gasteiger partial charge in [0.15, 0.2) is 5.65 Å². The van der Waals surface area contributed by atoms with Gasteiger partial charge in [0.05, 0.1) is 11.4 Å². The third kappa shape index (κ3) is 4.02. The largest absolute Gasteiger partial charge is 0.507 e. The van der Waals surface area contributed by atoms with Crippen molar-refractivity contribution in [3.05, 3.63) is 36.5 Å². The zero-order valence-electron chi connectivity index (χ0n) is 16.8. The lowest BCUT2D eigenvalue weighted by molar-refractivity contribution is 0.282. The molecule has 0 amide bonds. The molecule has 1 aromatic carbocycles. The Kier molecular flexibility index (Phi) is 5.70. The van der Waals surface area contributed by atoms with E-state index in [1.54, 1.807) is 40.1 Å². The van der Waals surface area contributed by atoms with Gasteiger partial charge in [0, 0.05) is 37.5 Å². The first-order chi connectivity index (χ1) is 14.4. The van der Waals surface area contributed by atoms with Crippen molar-refractivity contribution in [2.24, 2.45) is 5.92 Å². The molecular weight excluding hydrogens is 401 g/mol. The molecule has 3 aromatic rings. The number of rotatable bonds is 6. The maximum atomic E-state index is 12.0. The minimum Gasteiger partial charge on any atom is -0.507 e. The number of hydrogen-bond donors (Lipinski definition) is 2. The van der Waals surface area contributed by atoms with Gasteiger partial charge in [-0.1, -0.05) is 12.1 Å². The molecule has 10 heteroatoms. The van der Waals surface area contributed by atoms with Crippen LogP contribution in [0.15, 0.2) is 36.5 Å². The molecule has 156 valence electrons. The van der Waals surface area contributed by atoms with Crippen molar-refractivity contribution < 1.29 is 13.5 Å². The van der Waals surface area contributed by atoms with Gasteiger partial charge in [0.25, 0.3) is 0 Å². The molecule has 1 saturated heterocycles. The Morgan fingerprint density at radius 1 is 1.27 bits per heavy atom. The van der Waals surface area contributed by atoms with Crippen LogP contribution in [0.1, 0.15) is 19.8 Å². The molecule has 1 aliphatic heterocycles. The molecule has 2 N–H and O–H groups in total. The van der Waals surface area contributed by atoms with E-state index in [0.717, 1.165) is 18.7 Å². The molecule has 0 spiro atoms. The predicted molar refractivity (Wildman–Crippen MR) is 118 cm³/mol. The van der Waals surface area contributed by atoms with Crippen LogP contribution in [-0.4, -0.2) is 65.7 Å². The zero-order valence-corrected chi connectivity index (χ0v) is 17.6. The van der Waals surface area contributed by atoms with Crippen molar-refractivity contribution in [3.8, 4) is 17.0 Å². The molecule has 2 aromatic heterocycles. The summed E-state index contributed by atoms with van der Waals surface area (Å²) in [7, 11) is 2.91. The van der Waals surface area contributed by atoms with Crippen molar-refractivity contribution >= 4 is 34.8 Å². The van der Waals surface area contributed by atoms with E-state index in [1.807, 2.05) is 12.1 Å². The number of sulfonamides is 1. The summed E-state index contributed by atoms with van der Waals surface area (Å²) < 4.78 is 27.3. The van der Waals surface area contributed by atoms with E-state index in [9.17, 15) is 13.5 Å². The molecule has 0 saturated carbocycles. The van der Waals surface area contributed by atoms with Gasteiger partial charge >= 0.3 is 0 Å². The quantitative estimate of drug-likeness (QED) is 0.579. The maximum absolute atomic E-state index is 12.0. The number of para-hydroxylation sites is 1. The number of aromatic hydroxyl groups is 1. The van der Waals surface area contributed by atoms with Gasteiger partial charge in [0.2, 0.25) is 10.0 Å². The first kappa shape index (κ1) is 20.7. The average molecular weight is 425 g/mol. The van der Waals surface area contributed by atoms with E-state index >= 15 is 0 Å². The lowest BCUT2D eigenvalue weighted by Crippen LogP contribution is -2.40. The molecular formula is C20H24BN5O3S. The van der Waals surface area contributed by atoms with E-state index in [2.05, 4.69) is 15.4 Å². The standard InChI is InChI=1S/C20H24BN5O3S/c1-2-30(28,29)25-9-7-14(8-10-25)12-22-19-11-17(15-5-3-4-6-18(15)27)24-20-16(21)13-23-26(19)20/h3-6,11,13-14,22,27H,2,7-10,12H2,1H3. The number of benzene rings is 1. The molecule has 0 atom stereocenters. The number of piperidine rings is 1. The molecule has 3 heterocycles. The van der Waals surface area contributed by atoms with Crippen LogP contribution >= 0.6 is 0 Å². The summed E-state index contributed by atoms with van der Waals surface area (Å²) >= 11 is 0. The van der Waals surface area contributed by atoms with E-state index in [4.69, 9.17) is 7.85 Å². The summed E-state index contributed by atoms with van der Waals surface area (Å²) in [4.78, 5) is 4.57. The summed E-state index contributed by atoms with van der Waals surface area (Å²) in [6, 6.07) is 8.85. The summed E-state index contributed by atoms with van der Waals surface area (Å²) in [6.45, 7) is 3.45. The monoisotopic (exact) mass is 425 g/mol. The van der Waals surface area contributed by atoms with E-state index in [0.29, 0.717) is 47.9 Å². The molecule has 0 aliphatic carbocycles. The fourth-order valence-electron chi connectivity index (χ4n) is 3.76. The molecule has 2 radical (unpaired) electrons. The maximum Gasteiger partial charge on any atom is 0.213 e. The highest BCUT2D eigenvalue weighted by Gasteiger charge is 2.26. The predicted octanol–water partition coefficient (Wildman–Crippen LogP) is 1.37. The van der Waals surface area contributed by atoms with Gasteiger partial charge < -0.3 is 10.4 Å². The zero-order chi connectivity index (χ0) is 21.3. The fraction of sp³-hybridized carbons (Fsp3) is 0.400. The molecule has 8 nitrogen and oxygen atoms in total. The first-order valence-electron chi connectivity index (χ1n) is 10.0. The van der Waals surface area contributed by atoms with Crippen LogP contribution in [0.4, 0.5) is 5.82 Å². The van der Waals surface area contributed by atoms with Crippen LogP contribution in [0, 0.1) is 5.92 Å². The summed E-state index contributed by atoms with van der Waals surface area (Å²) in [5, 5.41) is 18.0. The van der Waals surface area contributed by atoms with Crippen molar-refractivity contribution in [1.82, 2.24) is 18.9 Å². The second-order valence-electron chi connectivity index (χ2n) is 7.50. The number of anilines is 1. The number of hydrogen-bond acceptors (Lipinski definition) is 6. The normalized spacial score (nSPS) is 16.2. The Hall–Kier alpha value is -2.59. The number of fused-ring (bicyclic) bond motifs is 1. The topological polar surface area (TPSA) is 99.8 Å². The lowest BCUT2D eigenvalue weighted by Gasteiger charge is -2.31. The van der Waals surface area contributed by atoms with Gasteiger partial charge in [-0.05, 0) is 43.3 Å². The number of nitrogens with one attached hydrogen (secondary N) is 1. The van der Waals surface area contributed by atoms with Crippen LogP contribution in [-0.2, 0) is 10.0 Å². The van der Waals surface area contributed by atoms with Gasteiger partial charge in [0.1, 0.15) is 19.4 Å². The average Bonchev–Trinajstić information content (AvgIpc) is 3.13. The Morgan fingerprint density at radius 2 is 2.00 bits per heavy atom. The molecule has 0 bridgehead atoms. The SMILES string of the molecule is [B]c1cnn2c(NCC3CCN(S(=O)(=O)CC)CC3)cc(-c3ccccc3O)nc12. The highest BCUT2D eigenvalue weighted by Crippen LogP contribution is 2.29. The van der Waals surface area contributed by atoms with E-state index < -0.39 is 10.0 Å². The van der Waals surface area contributed by atoms with E-state index in [-0.39, 0.29) is 11.5 Å². The summed E-state index contributed by atoms with van der Waals surface area (Å²) in [5.74, 6) is 1.35. The third-order valence-corrected chi connectivity index (χ3v) is 7.46. The molecule has 1 fully saturated rings. The first-order valence-corrected chi connectivity index (χ1v) is 11.6. The Balaban J connectivity index is 1.54. The van der Waals surface area contributed by atoms with Gasteiger partial charge in [-0.15, -0.1) is 0 Å². The van der Waals surface area contributed by atoms with Crippen LogP contribution in [0.2, 0.25) is 0 Å². The lowest BCUT2D eigenvalue weighted by atomic mass is 9.98. The van der Waals surface area contributed by atoms with Crippen molar-refractivity contribution in [1.29, 1.82) is 0 Å². The minimum absolute atomic E-state index is 0.140. The number of nitrogens with zero attached hydrogens (tertiary/aromatic N) is 4. The Morgan fingerprint density at radius 3 is 2.70 bits per heavy atom. The van der Waals surface area contributed by atoms with Crippen LogP contribution in [0.3, 0.4) is 0 Å². The van der Waals surface area contributed by atoms with Crippen molar-refractivity contribution in [2.75, 3.05) is 30.7 Å². The van der Waals surface area contributed by atoms with Gasteiger partial charge in [-0.2, -0.15) is 9.61 Å². The highest BCUT2D eigenvalue weighted by molar-refractivity contribution is 7.89. The summed E-state index contributed by atoms with van der Waals surface area (Å²) in [5.41, 5.74) is 2.18.